The molecule has 1 nitrogen and oxygen atoms in total. The molecule has 0 aliphatic carbocycles. The van der Waals surface area contributed by atoms with Gasteiger partial charge in [0.25, 0.3) is 0 Å². The predicted molar refractivity (Wildman–Crippen MR) is 46.9 cm³/mol. The van der Waals surface area contributed by atoms with E-state index < -0.39 is 16.9 Å². The minimum atomic E-state index is -4.44. The van der Waals surface area contributed by atoms with Crippen LogP contribution in [0.1, 0.15) is 11.3 Å². The first kappa shape index (κ1) is 10.8. The molecule has 0 aliphatic rings. The van der Waals surface area contributed by atoms with Crippen LogP contribution in [-0.4, -0.2) is 4.98 Å². The molecule has 0 fully saturated rings. The summed E-state index contributed by atoms with van der Waals surface area (Å²) in [4.78, 5) is 3.56. The fourth-order valence-corrected chi connectivity index (χ4v) is 1.35. The molecule has 13 heavy (non-hydrogen) atoms. The molecule has 1 heterocycles. The van der Waals surface area contributed by atoms with E-state index in [4.69, 9.17) is 11.6 Å². The second-order valence-electron chi connectivity index (χ2n) is 2.27. The van der Waals surface area contributed by atoms with E-state index >= 15 is 0 Å². The highest BCUT2D eigenvalue weighted by Crippen LogP contribution is 2.33. The summed E-state index contributed by atoms with van der Waals surface area (Å²) in [7, 11) is 0. The lowest BCUT2D eigenvalue weighted by Crippen LogP contribution is -2.07. The second kappa shape index (κ2) is 3.84. The first-order chi connectivity index (χ1) is 5.95. The molecule has 0 unspecified atom stereocenters. The minimum absolute atomic E-state index is 0.380. The Morgan fingerprint density at radius 2 is 2.00 bits per heavy atom. The zero-order valence-electron chi connectivity index (χ0n) is 6.20. The van der Waals surface area contributed by atoms with Gasteiger partial charge in [-0.05, 0) is 12.1 Å². The Bertz CT molecular complexity index is 313. The van der Waals surface area contributed by atoms with Crippen molar-refractivity contribution in [2.75, 3.05) is 0 Å². The SMILES string of the molecule is FC(F)(F)c1ccc(CBr)nc1Cl. The van der Waals surface area contributed by atoms with Crippen molar-refractivity contribution in [2.45, 2.75) is 11.5 Å². The molecule has 0 radical (unpaired) electrons. The van der Waals surface area contributed by atoms with E-state index in [0.29, 0.717) is 11.0 Å². The highest BCUT2D eigenvalue weighted by molar-refractivity contribution is 9.08. The number of aromatic nitrogens is 1. The van der Waals surface area contributed by atoms with Crippen LogP contribution in [0.3, 0.4) is 0 Å². The lowest BCUT2D eigenvalue weighted by Gasteiger charge is -2.08. The van der Waals surface area contributed by atoms with Gasteiger partial charge in [-0.25, -0.2) is 4.98 Å². The standard InChI is InChI=1S/C7H4BrClF3N/c8-3-4-1-2-5(6(9)13-4)7(10,11)12/h1-2H,3H2. The van der Waals surface area contributed by atoms with Gasteiger partial charge in [-0.1, -0.05) is 27.5 Å². The maximum absolute atomic E-state index is 12.1. The van der Waals surface area contributed by atoms with Crippen molar-refractivity contribution in [3.8, 4) is 0 Å². The molecular weight excluding hydrogens is 270 g/mol. The van der Waals surface area contributed by atoms with Crippen molar-refractivity contribution in [1.29, 1.82) is 0 Å². The molecule has 0 atom stereocenters. The highest BCUT2D eigenvalue weighted by atomic mass is 79.9. The van der Waals surface area contributed by atoms with Gasteiger partial charge in [0.2, 0.25) is 0 Å². The Balaban J connectivity index is 3.13. The Morgan fingerprint density at radius 1 is 1.38 bits per heavy atom. The van der Waals surface area contributed by atoms with Gasteiger partial charge in [-0.15, -0.1) is 0 Å². The van der Waals surface area contributed by atoms with Crippen molar-refractivity contribution in [1.82, 2.24) is 4.98 Å². The van der Waals surface area contributed by atoms with Crippen LogP contribution in [0.4, 0.5) is 13.2 Å². The lowest BCUT2D eigenvalue weighted by molar-refractivity contribution is -0.137. The largest absolute Gasteiger partial charge is 0.419 e. The molecular formula is C7H4BrClF3N. The van der Waals surface area contributed by atoms with Crippen LogP contribution in [0.15, 0.2) is 12.1 Å². The number of hydrogen-bond donors (Lipinski definition) is 0. The smallest absolute Gasteiger partial charge is 0.240 e. The second-order valence-corrected chi connectivity index (χ2v) is 3.19. The summed E-state index contributed by atoms with van der Waals surface area (Å²) in [5.41, 5.74) is -0.433. The molecule has 0 saturated heterocycles. The maximum atomic E-state index is 12.1. The third-order valence-corrected chi connectivity index (χ3v) is 2.21. The zero-order chi connectivity index (χ0) is 10.1. The fraction of sp³-hybridized carbons (Fsp3) is 0.286. The number of nitrogens with zero attached hydrogens (tertiary/aromatic N) is 1. The van der Waals surface area contributed by atoms with Gasteiger partial charge in [0.15, 0.2) is 0 Å². The van der Waals surface area contributed by atoms with Crippen molar-refractivity contribution in [3.05, 3.63) is 28.5 Å². The predicted octanol–water partition coefficient (Wildman–Crippen LogP) is 3.65. The van der Waals surface area contributed by atoms with E-state index in [0.717, 1.165) is 6.07 Å². The summed E-state index contributed by atoms with van der Waals surface area (Å²) in [6, 6.07) is 2.20. The molecule has 0 amide bonds. The monoisotopic (exact) mass is 273 g/mol. The molecule has 0 bridgehead atoms. The van der Waals surface area contributed by atoms with Crippen molar-refractivity contribution in [3.63, 3.8) is 0 Å². The number of hydrogen-bond acceptors (Lipinski definition) is 1. The third kappa shape index (κ3) is 2.57. The fourth-order valence-electron chi connectivity index (χ4n) is 0.758. The van der Waals surface area contributed by atoms with Crippen molar-refractivity contribution >= 4 is 27.5 Å². The Labute approximate surface area is 86.0 Å². The summed E-state index contributed by atoms with van der Waals surface area (Å²) in [6.45, 7) is 0. The normalized spacial score (nSPS) is 11.8. The van der Waals surface area contributed by atoms with Crippen LogP contribution in [0, 0.1) is 0 Å². The topological polar surface area (TPSA) is 12.9 Å². The van der Waals surface area contributed by atoms with E-state index in [1.165, 1.54) is 6.07 Å². The first-order valence-electron chi connectivity index (χ1n) is 3.23. The average Bonchev–Trinajstić information content (AvgIpc) is 2.01. The molecule has 1 rings (SSSR count). The molecule has 0 N–H and O–H groups in total. The molecule has 0 aromatic carbocycles. The quantitative estimate of drug-likeness (QED) is 0.563. The van der Waals surface area contributed by atoms with Crippen LogP contribution in [0.25, 0.3) is 0 Å². The Hall–Kier alpha value is -0.290. The highest BCUT2D eigenvalue weighted by Gasteiger charge is 2.33. The van der Waals surface area contributed by atoms with Crippen LogP contribution in [-0.2, 0) is 11.5 Å². The van der Waals surface area contributed by atoms with Gasteiger partial charge in [0.1, 0.15) is 5.15 Å². The Kier molecular flexibility index (Phi) is 3.18. The number of halogens is 5. The number of rotatable bonds is 1. The molecule has 0 saturated carbocycles. The maximum Gasteiger partial charge on any atom is 0.419 e. The molecule has 1 aromatic heterocycles. The summed E-state index contributed by atoms with van der Waals surface area (Å²) >= 11 is 8.41. The Morgan fingerprint density at radius 3 is 2.38 bits per heavy atom. The van der Waals surface area contributed by atoms with E-state index in [-0.39, 0.29) is 0 Å². The molecule has 6 heteroatoms. The van der Waals surface area contributed by atoms with Gasteiger partial charge in [0, 0.05) is 5.33 Å². The van der Waals surface area contributed by atoms with Gasteiger partial charge in [-0.3, -0.25) is 0 Å². The third-order valence-electron chi connectivity index (χ3n) is 1.35. The molecule has 0 aliphatic heterocycles. The van der Waals surface area contributed by atoms with Crippen LogP contribution in [0.2, 0.25) is 5.15 Å². The number of alkyl halides is 4. The average molecular weight is 274 g/mol. The zero-order valence-corrected chi connectivity index (χ0v) is 8.54. The van der Waals surface area contributed by atoms with Gasteiger partial charge in [-0.2, -0.15) is 13.2 Å². The molecule has 72 valence electrons. The number of pyridine rings is 1. The van der Waals surface area contributed by atoms with Crippen LogP contribution >= 0.6 is 27.5 Å². The van der Waals surface area contributed by atoms with Gasteiger partial charge in [0.05, 0.1) is 11.3 Å². The molecule has 1 aromatic rings. The van der Waals surface area contributed by atoms with E-state index in [1.807, 2.05) is 0 Å². The minimum Gasteiger partial charge on any atom is -0.240 e. The summed E-state index contributed by atoms with van der Waals surface area (Å²) in [5, 5.41) is -0.130. The summed E-state index contributed by atoms with van der Waals surface area (Å²) in [5.74, 6) is 0. The van der Waals surface area contributed by atoms with Gasteiger partial charge < -0.3 is 0 Å². The lowest BCUT2D eigenvalue weighted by atomic mass is 10.2. The van der Waals surface area contributed by atoms with Crippen LogP contribution in [0.5, 0.6) is 0 Å². The molecule has 0 spiro atoms. The van der Waals surface area contributed by atoms with E-state index in [9.17, 15) is 13.2 Å². The van der Waals surface area contributed by atoms with E-state index in [2.05, 4.69) is 20.9 Å². The summed E-state index contributed by atoms with van der Waals surface area (Å²) in [6.07, 6.45) is -4.44. The van der Waals surface area contributed by atoms with E-state index in [1.54, 1.807) is 0 Å². The summed E-state index contributed by atoms with van der Waals surface area (Å²) < 4.78 is 36.4. The van der Waals surface area contributed by atoms with Crippen LogP contribution < -0.4 is 0 Å². The first-order valence-corrected chi connectivity index (χ1v) is 4.73. The van der Waals surface area contributed by atoms with Crippen molar-refractivity contribution < 1.29 is 13.2 Å². The van der Waals surface area contributed by atoms with Crippen molar-refractivity contribution in [2.24, 2.45) is 0 Å². The van der Waals surface area contributed by atoms with Gasteiger partial charge >= 0.3 is 6.18 Å².